The molecule has 0 aliphatic carbocycles. The van der Waals surface area contributed by atoms with Crippen molar-refractivity contribution in [2.24, 2.45) is 0 Å². The molecule has 0 fully saturated rings. The van der Waals surface area contributed by atoms with E-state index in [1.165, 1.54) is 0 Å². The predicted molar refractivity (Wildman–Crippen MR) is 144 cm³/mol. The average molecular weight is 496 g/mol. The molecule has 7 nitrogen and oxygen atoms in total. The van der Waals surface area contributed by atoms with E-state index in [9.17, 15) is 14.4 Å². The van der Waals surface area contributed by atoms with Gasteiger partial charge in [0.05, 0.1) is 23.3 Å². The zero-order valence-corrected chi connectivity index (χ0v) is 21.3. The molecule has 2 N–H and O–H groups in total. The molecule has 37 heavy (non-hydrogen) atoms. The minimum absolute atomic E-state index is 0.238. The molecule has 0 saturated carbocycles. The van der Waals surface area contributed by atoms with E-state index in [0.29, 0.717) is 27.7 Å². The average Bonchev–Trinajstić information content (AvgIpc) is 2.88. The van der Waals surface area contributed by atoms with Crippen LogP contribution in [0.5, 0.6) is 0 Å². The maximum Gasteiger partial charge on any atom is 0.339 e. The molecule has 0 spiro atoms. The SMILES string of the molecule is Cc1cc(C)c(NC(=O)CNC(=O)COC(=O)c2c(C)c(-c3ccccc3)nc3ccccc23)c(C)c1. The van der Waals surface area contributed by atoms with E-state index in [1.54, 1.807) is 6.07 Å². The number of hydrogen-bond acceptors (Lipinski definition) is 5. The van der Waals surface area contributed by atoms with Gasteiger partial charge < -0.3 is 15.4 Å². The number of carbonyl (C=O) groups is 3. The van der Waals surface area contributed by atoms with Crippen molar-refractivity contribution in [3.63, 3.8) is 0 Å². The molecule has 0 atom stereocenters. The van der Waals surface area contributed by atoms with E-state index < -0.39 is 18.5 Å². The van der Waals surface area contributed by atoms with Crippen molar-refractivity contribution in [1.29, 1.82) is 0 Å². The fourth-order valence-electron chi connectivity index (χ4n) is 4.44. The highest BCUT2D eigenvalue weighted by Gasteiger charge is 2.21. The predicted octanol–water partition coefficient (Wildman–Crippen LogP) is 5.05. The van der Waals surface area contributed by atoms with Crippen LogP contribution in [0.1, 0.15) is 32.6 Å². The first-order chi connectivity index (χ1) is 17.7. The molecule has 0 aliphatic heterocycles. The van der Waals surface area contributed by atoms with Crippen LogP contribution in [-0.2, 0) is 14.3 Å². The molecule has 0 unspecified atom stereocenters. The molecule has 4 rings (SSSR count). The van der Waals surface area contributed by atoms with Gasteiger partial charge in [-0.25, -0.2) is 9.78 Å². The van der Waals surface area contributed by atoms with Gasteiger partial charge >= 0.3 is 5.97 Å². The number of esters is 1. The molecule has 0 saturated heterocycles. The summed E-state index contributed by atoms with van der Waals surface area (Å²) in [6.07, 6.45) is 0. The smallest absolute Gasteiger partial charge is 0.339 e. The Labute approximate surface area is 215 Å². The minimum Gasteiger partial charge on any atom is -0.452 e. The van der Waals surface area contributed by atoms with E-state index in [0.717, 1.165) is 27.9 Å². The van der Waals surface area contributed by atoms with E-state index in [-0.39, 0.29) is 12.5 Å². The van der Waals surface area contributed by atoms with Gasteiger partial charge in [-0.3, -0.25) is 9.59 Å². The van der Waals surface area contributed by atoms with Gasteiger partial charge in [-0.1, -0.05) is 66.2 Å². The summed E-state index contributed by atoms with van der Waals surface area (Å²) < 4.78 is 5.36. The number of para-hydroxylation sites is 1. The summed E-state index contributed by atoms with van der Waals surface area (Å²) in [6.45, 7) is 6.90. The zero-order valence-electron chi connectivity index (χ0n) is 21.3. The number of amides is 2. The third kappa shape index (κ3) is 5.83. The lowest BCUT2D eigenvalue weighted by Gasteiger charge is -2.15. The maximum absolute atomic E-state index is 13.1. The van der Waals surface area contributed by atoms with Gasteiger partial charge in [-0.15, -0.1) is 0 Å². The first-order valence-corrected chi connectivity index (χ1v) is 12.0. The summed E-state index contributed by atoms with van der Waals surface area (Å²) in [5.74, 6) is -1.56. The van der Waals surface area contributed by atoms with Gasteiger partial charge in [0.2, 0.25) is 5.91 Å². The first-order valence-electron chi connectivity index (χ1n) is 12.0. The third-order valence-corrected chi connectivity index (χ3v) is 6.11. The molecule has 0 radical (unpaired) electrons. The summed E-state index contributed by atoms with van der Waals surface area (Å²) in [5, 5.41) is 5.99. The number of fused-ring (bicyclic) bond motifs is 1. The molecular formula is C30H29N3O4. The van der Waals surface area contributed by atoms with E-state index in [4.69, 9.17) is 9.72 Å². The Morgan fingerprint density at radius 3 is 2.19 bits per heavy atom. The minimum atomic E-state index is -0.626. The van der Waals surface area contributed by atoms with Crippen molar-refractivity contribution in [1.82, 2.24) is 10.3 Å². The number of pyridine rings is 1. The molecule has 7 heteroatoms. The van der Waals surface area contributed by atoms with Crippen molar-refractivity contribution in [3.8, 4) is 11.3 Å². The van der Waals surface area contributed by atoms with Crippen LogP contribution < -0.4 is 10.6 Å². The molecule has 4 aromatic rings. The van der Waals surface area contributed by atoms with Crippen LogP contribution in [0.15, 0.2) is 66.7 Å². The second-order valence-electron chi connectivity index (χ2n) is 9.02. The number of aryl methyl sites for hydroxylation is 3. The van der Waals surface area contributed by atoms with Crippen LogP contribution in [0, 0.1) is 27.7 Å². The lowest BCUT2D eigenvalue weighted by molar-refractivity contribution is -0.126. The van der Waals surface area contributed by atoms with E-state index in [1.807, 2.05) is 88.4 Å². The summed E-state index contributed by atoms with van der Waals surface area (Å²) in [5.41, 5.74) is 6.96. The lowest BCUT2D eigenvalue weighted by Crippen LogP contribution is -2.35. The van der Waals surface area contributed by atoms with Crippen LogP contribution in [0.2, 0.25) is 0 Å². The number of ether oxygens (including phenoxy) is 1. The number of nitrogens with zero attached hydrogens (tertiary/aromatic N) is 1. The Morgan fingerprint density at radius 1 is 0.838 bits per heavy atom. The molecule has 1 aromatic heterocycles. The number of benzene rings is 3. The molecule has 0 aliphatic rings. The van der Waals surface area contributed by atoms with Gasteiger partial charge in [0.15, 0.2) is 6.61 Å². The number of aromatic nitrogens is 1. The van der Waals surface area contributed by atoms with Crippen molar-refractivity contribution < 1.29 is 19.1 Å². The molecule has 1 heterocycles. The number of hydrogen-bond donors (Lipinski definition) is 2. The van der Waals surface area contributed by atoms with E-state index in [2.05, 4.69) is 10.6 Å². The molecule has 0 bridgehead atoms. The molecule has 3 aromatic carbocycles. The Morgan fingerprint density at radius 2 is 1.49 bits per heavy atom. The van der Waals surface area contributed by atoms with Crippen molar-refractivity contribution in [2.75, 3.05) is 18.5 Å². The second kappa shape index (κ2) is 11.0. The number of anilines is 1. The van der Waals surface area contributed by atoms with Crippen LogP contribution in [0.3, 0.4) is 0 Å². The normalized spacial score (nSPS) is 10.7. The third-order valence-electron chi connectivity index (χ3n) is 6.11. The highest BCUT2D eigenvalue weighted by atomic mass is 16.5. The Kier molecular flexibility index (Phi) is 7.63. The van der Waals surface area contributed by atoms with Crippen LogP contribution in [0.4, 0.5) is 5.69 Å². The zero-order chi connectivity index (χ0) is 26.5. The topological polar surface area (TPSA) is 97.4 Å². The van der Waals surface area contributed by atoms with Crippen LogP contribution >= 0.6 is 0 Å². The van der Waals surface area contributed by atoms with Gasteiger partial charge in [0.1, 0.15) is 0 Å². The monoisotopic (exact) mass is 495 g/mol. The molecular weight excluding hydrogens is 466 g/mol. The quantitative estimate of drug-likeness (QED) is 0.350. The molecule has 188 valence electrons. The summed E-state index contributed by atoms with van der Waals surface area (Å²) in [7, 11) is 0. The summed E-state index contributed by atoms with van der Waals surface area (Å²) in [4.78, 5) is 42.7. The summed E-state index contributed by atoms with van der Waals surface area (Å²) in [6, 6.07) is 20.9. The highest BCUT2D eigenvalue weighted by Crippen LogP contribution is 2.30. The van der Waals surface area contributed by atoms with Gasteiger partial charge in [0.25, 0.3) is 5.91 Å². The second-order valence-corrected chi connectivity index (χ2v) is 9.02. The van der Waals surface area contributed by atoms with Crippen LogP contribution in [0.25, 0.3) is 22.2 Å². The fourth-order valence-corrected chi connectivity index (χ4v) is 4.44. The number of carbonyl (C=O) groups excluding carboxylic acids is 3. The highest BCUT2D eigenvalue weighted by molar-refractivity contribution is 6.07. The lowest BCUT2D eigenvalue weighted by atomic mass is 9.98. The standard InChI is InChI=1S/C30H29N3O4/c1-18-14-19(2)28(20(3)15-18)33-25(34)16-31-26(35)17-37-30(36)27-21(4)29(22-10-6-5-7-11-22)32-24-13-9-8-12-23(24)27/h5-15H,16-17H2,1-4H3,(H,31,35)(H,33,34). The van der Waals surface area contributed by atoms with Crippen molar-refractivity contribution in [3.05, 3.63) is 94.5 Å². The van der Waals surface area contributed by atoms with Gasteiger partial charge in [-0.05, 0) is 50.5 Å². The van der Waals surface area contributed by atoms with Gasteiger partial charge in [0, 0.05) is 16.6 Å². The number of nitrogens with one attached hydrogen (secondary N) is 2. The number of rotatable bonds is 7. The Hall–Kier alpha value is -4.52. The van der Waals surface area contributed by atoms with Crippen molar-refractivity contribution in [2.45, 2.75) is 27.7 Å². The molecule has 2 amide bonds. The summed E-state index contributed by atoms with van der Waals surface area (Å²) >= 11 is 0. The van der Waals surface area contributed by atoms with Gasteiger partial charge in [-0.2, -0.15) is 0 Å². The Balaban J connectivity index is 1.43. The Bertz CT molecular complexity index is 1470. The van der Waals surface area contributed by atoms with Crippen LogP contribution in [-0.4, -0.2) is 35.9 Å². The largest absolute Gasteiger partial charge is 0.452 e. The first kappa shape index (κ1) is 25.6. The van der Waals surface area contributed by atoms with Crippen molar-refractivity contribution >= 4 is 34.4 Å². The maximum atomic E-state index is 13.1. The van der Waals surface area contributed by atoms with E-state index >= 15 is 0 Å². The fraction of sp³-hybridized carbons (Fsp3) is 0.200.